The van der Waals surface area contributed by atoms with Crippen molar-refractivity contribution in [3.05, 3.63) is 56.3 Å². The number of hydrogen-bond acceptors (Lipinski definition) is 5. The molecule has 3 N–H and O–H groups in total. The van der Waals surface area contributed by atoms with Crippen LogP contribution in [-0.4, -0.2) is 22.6 Å². The van der Waals surface area contributed by atoms with Gasteiger partial charge in [0.1, 0.15) is 0 Å². The highest BCUT2D eigenvalue weighted by atomic mass is 32.1. The Hall–Kier alpha value is -2.45. The van der Waals surface area contributed by atoms with E-state index in [1.807, 2.05) is 10.8 Å². The molecular formula is C14H15N3O4S. The van der Waals surface area contributed by atoms with Crippen molar-refractivity contribution in [3.63, 3.8) is 0 Å². The van der Waals surface area contributed by atoms with E-state index in [1.54, 1.807) is 13.0 Å². The van der Waals surface area contributed by atoms with Gasteiger partial charge in [-0.05, 0) is 41.4 Å². The first-order valence-electron chi connectivity index (χ1n) is 6.47. The minimum Gasteiger partial charge on any atom is -0.387 e. The molecule has 0 saturated carbocycles. The number of amides is 2. The van der Waals surface area contributed by atoms with Gasteiger partial charge in [-0.1, -0.05) is 0 Å². The highest BCUT2D eigenvalue weighted by Gasteiger charge is 2.12. The number of carbonyl (C=O) groups is 1. The van der Waals surface area contributed by atoms with E-state index in [4.69, 9.17) is 0 Å². The van der Waals surface area contributed by atoms with Crippen molar-refractivity contribution in [1.82, 2.24) is 5.32 Å². The van der Waals surface area contributed by atoms with E-state index < -0.39 is 17.1 Å². The molecule has 1 aromatic carbocycles. The summed E-state index contributed by atoms with van der Waals surface area (Å²) in [5.74, 6) is 0. The third-order valence-electron chi connectivity index (χ3n) is 3.04. The molecule has 2 aromatic rings. The number of aliphatic hydroxyl groups is 1. The Balaban J connectivity index is 1.89. The monoisotopic (exact) mass is 321 g/mol. The number of aliphatic hydroxyl groups excluding tert-OH is 1. The van der Waals surface area contributed by atoms with Crippen molar-refractivity contribution < 1.29 is 14.8 Å². The Labute approximate surface area is 130 Å². The molecule has 1 heterocycles. The van der Waals surface area contributed by atoms with Crippen molar-refractivity contribution in [2.45, 2.75) is 13.0 Å². The lowest BCUT2D eigenvalue weighted by Crippen LogP contribution is -2.32. The quantitative estimate of drug-likeness (QED) is 0.581. The van der Waals surface area contributed by atoms with Crippen LogP contribution in [0.15, 0.2) is 35.0 Å². The van der Waals surface area contributed by atoms with E-state index in [0.717, 1.165) is 5.56 Å². The average Bonchev–Trinajstić information content (AvgIpc) is 2.98. The molecule has 0 bridgehead atoms. The van der Waals surface area contributed by atoms with Gasteiger partial charge in [0.2, 0.25) is 0 Å². The molecule has 7 nitrogen and oxygen atoms in total. The van der Waals surface area contributed by atoms with Gasteiger partial charge < -0.3 is 15.7 Å². The standard InChI is InChI=1S/C14H15N3O4S/c1-9-6-11(2-3-12(9)17(20)21)16-14(19)15-7-13(18)10-4-5-22-8-10/h2-6,8,13,18H,7H2,1H3,(H2,15,16,19)/t13-/m0/s1. The average molecular weight is 321 g/mol. The molecular weight excluding hydrogens is 306 g/mol. The van der Waals surface area contributed by atoms with Crippen molar-refractivity contribution >= 4 is 28.7 Å². The smallest absolute Gasteiger partial charge is 0.319 e. The number of urea groups is 1. The van der Waals surface area contributed by atoms with E-state index in [9.17, 15) is 20.0 Å². The van der Waals surface area contributed by atoms with Crippen LogP contribution in [0.4, 0.5) is 16.2 Å². The summed E-state index contributed by atoms with van der Waals surface area (Å²) in [6, 6.07) is 5.62. The number of nitro groups is 1. The summed E-state index contributed by atoms with van der Waals surface area (Å²) in [7, 11) is 0. The van der Waals surface area contributed by atoms with Crippen LogP contribution in [0.2, 0.25) is 0 Å². The third-order valence-corrected chi connectivity index (χ3v) is 3.74. The maximum Gasteiger partial charge on any atom is 0.319 e. The van der Waals surface area contributed by atoms with Gasteiger partial charge in [-0.25, -0.2) is 4.79 Å². The van der Waals surface area contributed by atoms with Crippen LogP contribution in [0.1, 0.15) is 17.2 Å². The van der Waals surface area contributed by atoms with Crippen molar-refractivity contribution in [2.24, 2.45) is 0 Å². The predicted octanol–water partition coefficient (Wildman–Crippen LogP) is 2.82. The van der Waals surface area contributed by atoms with Crippen LogP contribution >= 0.6 is 11.3 Å². The van der Waals surface area contributed by atoms with Crippen molar-refractivity contribution in [2.75, 3.05) is 11.9 Å². The van der Waals surface area contributed by atoms with Crippen LogP contribution in [0.3, 0.4) is 0 Å². The van der Waals surface area contributed by atoms with Gasteiger partial charge in [0.05, 0.1) is 11.0 Å². The van der Waals surface area contributed by atoms with E-state index >= 15 is 0 Å². The molecule has 116 valence electrons. The van der Waals surface area contributed by atoms with Gasteiger partial charge in [-0.3, -0.25) is 10.1 Å². The molecule has 1 aromatic heterocycles. The molecule has 0 radical (unpaired) electrons. The Morgan fingerprint density at radius 3 is 2.82 bits per heavy atom. The Morgan fingerprint density at radius 1 is 1.45 bits per heavy atom. The van der Waals surface area contributed by atoms with E-state index in [2.05, 4.69) is 10.6 Å². The molecule has 1 atom stereocenters. The number of thiophene rings is 1. The lowest BCUT2D eigenvalue weighted by atomic mass is 10.2. The third kappa shape index (κ3) is 4.03. The second-order valence-electron chi connectivity index (χ2n) is 4.67. The van der Waals surface area contributed by atoms with Crippen LogP contribution < -0.4 is 10.6 Å². The number of nitrogens with zero attached hydrogens (tertiary/aromatic N) is 1. The Kier molecular flexibility index (Phi) is 5.08. The lowest BCUT2D eigenvalue weighted by molar-refractivity contribution is -0.385. The topological polar surface area (TPSA) is 104 Å². The lowest BCUT2D eigenvalue weighted by Gasteiger charge is -2.12. The molecule has 2 amide bonds. The molecule has 0 saturated heterocycles. The molecule has 0 aliphatic carbocycles. The van der Waals surface area contributed by atoms with Crippen molar-refractivity contribution in [1.29, 1.82) is 0 Å². The fourth-order valence-corrected chi connectivity index (χ4v) is 2.59. The summed E-state index contributed by atoms with van der Waals surface area (Å²) >= 11 is 1.47. The Morgan fingerprint density at radius 2 is 2.23 bits per heavy atom. The number of benzene rings is 1. The van der Waals surface area contributed by atoms with Gasteiger partial charge in [0.25, 0.3) is 5.69 Å². The summed E-state index contributed by atoms with van der Waals surface area (Å²) in [5, 5.41) is 29.3. The first-order chi connectivity index (χ1) is 10.5. The zero-order chi connectivity index (χ0) is 16.1. The number of aryl methyl sites for hydroxylation is 1. The molecule has 0 aliphatic heterocycles. The van der Waals surface area contributed by atoms with Gasteiger partial charge in [0, 0.05) is 23.9 Å². The van der Waals surface area contributed by atoms with Gasteiger partial charge in [0.15, 0.2) is 0 Å². The normalized spacial score (nSPS) is 11.7. The second-order valence-corrected chi connectivity index (χ2v) is 5.45. The highest BCUT2D eigenvalue weighted by Crippen LogP contribution is 2.21. The minimum absolute atomic E-state index is 0.00108. The second kappa shape index (κ2) is 7.01. The maximum atomic E-state index is 11.8. The summed E-state index contributed by atoms with van der Waals surface area (Å²) in [5.41, 5.74) is 1.65. The zero-order valence-corrected chi connectivity index (χ0v) is 12.6. The fraction of sp³-hybridized carbons (Fsp3) is 0.214. The molecule has 0 aliphatic rings. The number of nitrogens with one attached hydrogen (secondary N) is 2. The summed E-state index contributed by atoms with van der Waals surface area (Å²) in [6.45, 7) is 1.68. The van der Waals surface area contributed by atoms with Crippen LogP contribution in [0, 0.1) is 17.0 Å². The number of rotatable bonds is 5. The first-order valence-corrected chi connectivity index (χ1v) is 7.41. The minimum atomic E-state index is -0.768. The van der Waals surface area contributed by atoms with Gasteiger partial charge in [-0.15, -0.1) is 0 Å². The SMILES string of the molecule is Cc1cc(NC(=O)NC[C@H](O)c2ccsc2)ccc1[N+](=O)[O-]. The molecule has 2 rings (SSSR count). The van der Waals surface area contributed by atoms with Crippen LogP contribution in [-0.2, 0) is 0 Å². The molecule has 8 heteroatoms. The summed E-state index contributed by atoms with van der Waals surface area (Å²) < 4.78 is 0. The van der Waals surface area contributed by atoms with E-state index in [1.165, 1.54) is 29.5 Å². The predicted molar refractivity (Wildman–Crippen MR) is 84.1 cm³/mol. The maximum absolute atomic E-state index is 11.8. The number of hydrogen-bond donors (Lipinski definition) is 3. The van der Waals surface area contributed by atoms with Gasteiger partial charge in [-0.2, -0.15) is 11.3 Å². The van der Waals surface area contributed by atoms with E-state index in [-0.39, 0.29) is 12.2 Å². The fourth-order valence-electron chi connectivity index (χ4n) is 1.89. The summed E-state index contributed by atoms with van der Waals surface area (Å²) in [4.78, 5) is 22.0. The largest absolute Gasteiger partial charge is 0.387 e. The molecule has 0 spiro atoms. The van der Waals surface area contributed by atoms with Crippen LogP contribution in [0.5, 0.6) is 0 Å². The zero-order valence-electron chi connectivity index (χ0n) is 11.8. The van der Waals surface area contributed by atoms with E-state index in [0.29, 0.717) is 11.3 Å². The highest BCUT2D eigenvalue weighted by molar-refractivity contribution is 7.07. The van der Waals surface area contributed by atoms with Crippen LogP contribution in [0.25, 0.3) is 0 Å². The van der Waals surface area contributed by atoms with Gasteiger partial charge >= 0.3 is 6.03 Å². The number of carbonyl (C=O) groups excluding carboxylic acids is 1. The number of nitro benzene ring substituents is 1. The molecule has 0 fully saturated rings. The molecule has 0 unspecified atom stereocenters. The van der Waals surface area contributed by atoms with Crippen molar-refractivity contribution in [3.8, 4) is 0 Å². The summed E-state index contributed by atoms with van der Waals surface area (Å²) in [6.07, 6.45) is -0.768. The first kappa shape index (κ1) is 15.9. The number of anilines is 1. The Bertz CT molecular complexity index is 673. The molecule has 22 heavy (non-hydrogen) atoms.